The average Bonchev–Trinajstić information content (AvgIpc) is 2.35. The maximum atomic E-state index is 11.2. The minimum Gasteiger partial charge on any atom is -0.476 e. The van der Waals surface area contributed by atoms with E-state index in [9.17, 15) is 4.79 Å². The van der Waals surface area contributed by atoms with E-state index >= 15 is 0 Å². The highest BCUT2D eigenvalue weighted by molar-refractivity contribution is 5.91. The number of anilines is 1. The Kier molecular flexibility index (Phi) is 5.07. The molecule has 18 heavy (non-hydrogen) atoms. The summed E-state index contributed by atoms with van der Waals surface area (Å²) in [6.07, 6.45) is 2.61. The predicted octanol–water partition coefficient (Wildman–Crippen LogP) is 2.76. The standard InChI is InChI=1S/C13H21N3O2/c1-5-9(4)6-14-10-7-15-12(8(2)3)16-11(10)13(17)18/h7-9,14H,5-6H2,1-4H3,(H,17,18). The molecule has 1 aromatic rings. The molecule has 0 aromatic carbocycles. The van der Waals surface area contributed by atoms with Crippen molar-refractivity contribution in [1.29, 1.82) is 0 Å². The van der Waals surface area contributed by atoms with Crippen molar-refractivity contribution in [1.82, 2.24) is 9.97 Å². The summed E-state index contributed by atoms with van der Waals surface area (Å²) in [7, 11) is 0. The fourth-order valence-corrected chi connectivity index (χ4v) is 1.39. The van der Waals surface area contributed by atoms with Gasteiger partial charge < -0.3 is 10.4 Å². The van der Waals surface area contributed by atoms with Crippen LogP contribution in [0.4, 0.5) is 5.69 Å². The summed E-state index contributed by atoms with van der Waals surface area (Å²) in [5.41, 5.74) is 0.546. The molecule has 1 rings (SSSR count). The minimum atomic E-state index is -1.02. The lowest BCUT2D eigenvalue weighted by molar-refractivity contribution is 0.0691. The lowest BCUT2D eigenvalue weighted by Crippen LogP contribution is -2.16. The van der Waals surface area contributed by atoms with Gasteiger partial charge in [0.05, 0.1) is 11.9 Å². The number of rotatable bonds is 6. The third-order valence-corrected chi connectivity index (χ3v) is 2.86. The highest BCUT2D eigenvalue weighted by atomic mass is 16.4. The van der Waals surface area contributed by atoms with E-state index in [2.05, 4.69) is 29.1 Å². The third-order valence-electron chi connectivity index (χ3n) is 2.86. The van der Waals surface area contributed by atoms with E-state index in [-0.39, 0.29) is 11.6 Å². The zero-order chi connectivity index (χ0) is 13.7. The van der Waals surface area contributed by atoms with Gasteiger partial charge in [0, 0.05) is 12.5 Å². The molecule has 1 heterocycles. The molecule has 0 fully saturated rings. The highest BCUT2D eigenvalue weighted by Gasteiger charge is 2.15. The summed E-state index contributed by atoms with van der Waals surface area (Å²) >= 11 is 0. The van der Waals surface area contributed by atoms with Crippen LogP contribution in [0.15, 0.2) is 6.20 Å². The van der Waals surface area contributed by atoms with Gasteiger partial charge in [-0.05, 0) is 5.92 Å². The van der Waals surface area contributed by atoms with E-state index in [0.717, 1.165) is 13.0 Å². The van der Waals surface area contributed by atoms with Gasteiger partial charge in [0.1, 0.15) is 5.82 Å². The van der Waals surface area contributed by atoms with Crippen LogP contribution < -0.4 is 5.32 Å². The number of nitrogens with zero attached hydrogens (tertiary/aromatic N) is 2. The Bertz CT molecular complexity index is 419. The van der Waals surface area contributed by atoms with Crippen molar-refractivity contribution in [2.24, 2.45) is 5.92 Å². The summed E-state index contributed by atoms with van der Waals surface area (Å²) in [6.45, 7) is 8.81. The molecule has 0 spiro atoms. The third kappa shape index (κ3) is 3.68. The number of hydrogen-bond acceptors (Lipinski definition) is 4. The Balaban J connectivity index is 2.93. The van der Waals surface area contributed by atoms with Crippen LogP contribution in [0.5, 0.6) is 0 Å². The molecule has 1 aromatic heterocycles. The molecule has 0 aliphatic carbocycles. The van der Waals surface area contributed by atoms with Crippen LogP contribution >= 0.6 is 0 Å². The summed E-state index contributed by atoms with van der Waals surface area (Å²) in [4.78, 5) is 19.5. The number of hydrogen-bond donors (Lipinski definition) is 2. The molecule has 0 amide bonds. The fraction of sp³-hybridized carbons (Fsp3) is 0.615. The first-order valence-corrected chi connectivity index (χ1v) is 6.29. The minimum absolute atomic E-state index is 0.0528. The van der Waals surface area contributed by atoms with Crippen molar-refractivity contribution in [3.8, 4) is 0 Å². The largest absolute Gasteiger partial charge is 0.476 e. The Hall–Kier alpha value is -1.65. The second-order valence-electron chi connectivity index (χ2n) is 4.84. The zero-order valence-corrected chi connectivity index (χ0v) is 11.4. The molecule has 2 N–H and O–H groups in total. The molecule has 100 valence electrons. The van der Waals surface area contributed by atoms with Gasteiger partial charge in [0.2, 0.25) is 0 Å². The van der Waals surface area contributed by atoms with Gasteiger partial charge in [0.15, 0.2) is 5.69 Å². The molecular formula is C13H21N3O2. The van der Waals surface area contributed by atoms with Crippen LogP contribution in [0.2, 0.25) is 0 Å². The quantitative estimate of drug-likeness (QED) is 0.813. The molecular weight excluding hydrogens is 230 g/mol. The van der Waals surface area contributed by atoms with Gasteiger partial charge in [-0.25, -0.2) is 14.8 Å². The predicted molar refractivity (Wildman–Crippen MR) is 71.0 cm³/mol. The van der Waals surface area contributed by atoms with Crippen molar-refractivity contribution in [3.05, 3.63) is 17.7 Å². The smallest absolute Gasteiger partial charge is 0.356 e. The van der Waals surface area contributed by atoms with E-state index in [1.807, 2.05) is 13.8 Å². The first-order valence-electron chi connectivity index (χ1n) is 6.29. The maximum absolute atomic E-state index is 11.2. The number of carbonyl (C=O) groups is 1. The Morgan fingerprint density at radius 3 is 2.61 bits per heavy atom. The van der Waals surface area contributed by atoms with Gasteiger partial charge >= 0.3 is 5.97 Å². The van der Waals surface area contributed by atoms with Gasteiger partial charge in [-0.3, -0.25) is 0 Å². The number of aromatic carboxylic acids is 1. The van der Waals surface area contributed by atoms with Crippen molar-refractivity contribution >= 4 is 11.7 Å². The lowest BCUT2D eigenvalue weighted by atomic mass is 10.1. The summed E-state index contributed by atoms with van der Waals surface area (Å²) in [5, 5.41) is 12.3. The van der Waals surface area contributed by atoms with Crippen molar-refractivity contribution in [3.63, 3.8) is 0 Å². The van der Waals surface area contributed by atoms with E-state index in [0.29, 0.717) is 17.4 Å². The molecule has 5 nitrogen and oxygen atoms in total. The van der Waals surface area contributed by atoms with Crippen LogP contribution in [-0.2, 0) is 0 Å². The van der Waals surface area contributed by atoms with Crippen LogP contribution in [0.3, 0.4) is 0 Å². The molecule has 5 heteroatoms. The van der Waals surface area contributed by atoms with Crippen LogP contribution in [-0.4, -0.2) is 27.6 Å². The van der Waals surface area contributed by atoms with E-state index in [1.54, 1.807) is 6.20 Å². The molecule has 0 aliphatic heterocycles. The number of carboxylic acid groups (broad SMARTS) is 1. The van der Waals surface area contributed by atoms with Gasteiger partial charge in [-0.15, -0.1) is 0 Å². The molecule has 0 saturated heterocycles. The fourth-order valence-electron chi connectivity index (χ4n) is 1.39. The molecule has 1 atom stereocenters. The van der Waals surface area contributed by atoms with Gasteiger partial charge in [-0.1, -0.05) is 34.1 Å². The number of aromatic nitrogens is 2. The van der Waals surface area contributed by atoms with E-state index in [4.69, 9.17) is 5.11 Å². The molecule has 0 saturated carbocycles. The summed E-state index contributed by atoms with van der Waals surface area (Å²) in [6, 6.07) is 0. The molecule has 0 bridgehead atoms. The molecule has 0 radical (unpaired) electrons. The second-order valence-corrected chi connectivity index (χ2v) is 4.84. The average molecular weight is 251 g/mol. The Morgan fingerprint density at radius 2 is 2.11 bits per heavy atom. The lowest BCUT2D eigenvalue weighted by Gasteiger charge is -2.13. The van der Waals surface area contributed by atoms with Crippen LogP contribution in [0.1, 0.15) is 56.3 Å². The topological polar surface area (TPSA) is 75.1 Å². The summed E-state index contributed by atoms with van der Waals surface area (Å²) in [5.74, 6) is 0.135. The molecule has 1 unspecified atom stereocenters. The first kappa shape index (κ1) is 14.4. The maximum Gasteiger partial charge on any atom is 0.356 e. The monoisotopic (exact) mass is 251 g/mol. The Labute approximate surface area is 108 Å². The number of nitrogens with one attached hydrogen (secondary N) is 1. The van der Waals surface area contributed by atoms with Crippen molar-refractivity contribution < 1.29 is 9.90 Å². The van der Waals surface area contributed by atoms with Crippen LogP contribution in [0.25, 0.3) is 0 Å². The van der Waals surface area contributed by atoms with E-state index in [1.165, 1.54) is 0 Å². The Morgan fingerprint density at radius 1 is 1.44 bits per heavy atom. The van der Waals surface area contributed by atoms with Crippen molar-refractivity contribution in [2.75, 3.05) is 11.9 Å². The molecule has 0 aliphatic rings. The van der Waals surface area contributed by atoms with Gasteiger partial charge in [0.25, 0.3) is 0 Å². The zero-order valence-electron chi connectivity index (χ0n) is 11.4. The second kappa shape index (κ2) is 6.33. The van der Waals surface area contributed by atoms with Crippen LogP contribution in [0, 0.1) is 5.92 Å². The van der Waals surface area contributed by atoms with Gasteiger partial charge in [-0.2, -0.15) is 0 Å². The van der Waals surface area contributed by atoms with Crippen molar-refractivity contribution in [2.45, 2.75) is 40.0 Å². The SMILES string of the molecule is CCC(C)CNc1cnc(C(C)C)nc1C(=O)O. The number of carboxylic acids is 1. The summed E-state index contributed by atoms with van der Waals surface area (Å²) < 4.78 is 0. The normalized spacial score (nSPS) is 12.5. The highest BCUT2D eigenvalue weighted by Crippen LogP contribution is 2.17. The first-order chi connectivity index (χ1) is 8.45. The van der Waals surface area contributed by atoms with E-state index < -0.39 is 5.97 Å².